The number of oxazole rings is 1. The van der Waals surface area contributed by atoms with Gasteiger partial charge in [-0.2, -0.15) is 0 Å². The Kier molecular flexibility index (Phi) is 4.59. The van der Waals surface area contributed by atoms with Gasteiger partial charge in [-0.3, -0.25) is 4.72 Å². The van der Waals surface area contributed by atoms with E-state index in [-0.39, 0.29) is 0 Å². The first kappa shape index (κ1) is 17.6. The van der Waals surface area contributed by atoms with Crippen LogP contribution in [-0.2, 0) is 23.0 Å². The lowest BCUT2D eigenvalue weighted by atomic mass is 9.98. The summed E-state index contributed by atoms with van der Waals surface area (Å²) in [5, 5.41) is 6.42. The number of nitrogens with one attached hydrogen (secondary N) is 3. The first-order chi connectivity index (χ1) is 13.0. The molecule has 0 amide bonds. The summed E-state index contributed by atoms with van der Waals surface area (Å²) in [5.41, 5.74) is 4.78. The highest BCUT2D eigenvalue weighted by Crippen LogP contribution is 2.28. The maximum absolute atomic E-state index is 11.4. The van der Waals surface area contributed by atoms with Crippen LogP contribution in [0.2, 0.25) is 0 Å². The zero-order valence-corrected chi connectivity index (χ0v) is 15.6. The highest BCUT2D eigenvalue weighted by Gasteiger charge is 2.12. The van der Waals surface area contributed by atoms with Gasteiger partial charge in [-0.1, -0.05) is 18.2 Å². The number of hydrogen-bond donors (Lipinski definition) is 3. The molecule has 0 saturated heterocycles. The molecule has 1 aromatic heterocycles. The van der Waals surface area contributed by atoms with Crippen molar-refractivity contribution in [3.63, 3.8) is 0 Å². The van der Waals surface area contributed by atoms with E-state index in [2.05, 4.69) is 32.5 Å². The van der Waals surface area contributed by atoms with Gasteiger partial charge in [0.05, 0.1) is 18.1 Å². The second-order valence-electron chi connectivity index (χ2n) is 6.52. The zero-order valence-electron chi connectivity index (χ0n) is 14.8. The van der Waals surface area contributed by atoms with Crippen molar-refractivity contribution in [2.75, 3.05) is 22.8 Å². The summed E-state index contributed by atoms with van der Waals surface area (Å²) in [6.45, 7) is 1.88. The summed E-state index contributed by atoms with van der Waals surface area (Å²) in [6.07, 6.45) is 3.80. The Hall–Kier alpha value is -2.84. The molecule has 0 fully saturated rings. The van der Waals surface area contributed by atoms with Gasteiger partial charge in [0.15, 0.2) is 5.76 Å². The standard InChI is InChI=1S/C19H20N4O3S/c1-27(24,25)23-17-4-2-3-16(10-17)22-19-21-12-18(26-19)14-5-6-15-11-20-8-7-13(15)9-14/h2-6,9-10,12,20,23H,7-8,11H2,1H3,(H,21,22). The molecule has 8 heteroatoms. The third kappa shape index (κ3) is 4.29. The Bertz CT molecular complexity index is 1080. The van der Waals surface area contributed by atoms with Crippen molar-refractivity contribution >= 4 is 27.4 Å². The summed E-state index contributed by atoms with van der Waals surface area (Å²) in [7, 11) is -3.33. The molecule has 0 bridgehead atoms. The fourth-order valence-corrected chi connectivity index (χ4v) is 3.65. The van der Waals surface area contributed by atoms with E-state index in [4.69, 9.17) is 4.42 Å². The summed E-state index contributed by atoms with van der Waals surface area (Å²) in [6, 6.07) is 13.6. The van der Waals surface area contributed by atoms with Gasteiger partial charge in [0, 0.05) is 17.8 Å². The van der Waals surface area contributed by atoms with Crippen LogP contribution in [0.5, 0.6) is 0 Å². The predicted octanol–water partition coefficient (Wildman–Crippen LogP) is 3.10. The molecule has 3 aromatic rings. The first-order valence-corrected chi connectivity index (χ1v) is 10.5. The number of aromatic nitrogens is 1. The minimum Gasteiger partial charge on any atom is -0.423 e. The molecule has 0 atom stereocenters. The largest absolute Gasteiger partial charge is 0.423 e. The molecule has 2 heterocycles. The summed E-state index contributed by atoms with van der Waals surface area (Å²) < 4.78 is 31.0. The van der Waals surface area contributed by atoms with Gasteiger partial charge in [-0.15, -0.1) is 0 Å². The minimum absolute atomic E-state index is 0.348. The molecule has 0 spiro atoms. The molecule has 4 rings (SSSR count). The highest BCUT2D eigenvalue weighted by atomic mass is 32.2. The average molecular weight is 384 g/mol. The van der Waals surface area contributed by atoms with Crippen molar-refractivity contribution in [2.24, 2.45) is 0 Å². The third-order valence-electron chi connectivity index (χ3n) is 4.30. The van der Waals surface area contributed by atoms with E-state index in [0.29, 0.717) is 23.1 Å². The van der Waals surface area contributed by atoms with Crippen LogP contribution >= 0.6 is 0 Å². The average Bonchev–Trinajstić information content (AvgIpc) is 3.08. The molecule has 2 aromatic carbocycles. The molecule has 7 nitrogen and oxygen atoms in total. The topological polar surface area (TPSA) is 96.3 Å². The minimum atomic E-state index is -3.33. The Morgan fingerprint density at radius 1 is 1.11 bits per heavy atom. The van der Waals surface area contributed by atoms with Crippen molar-refractivity contribution in [3.05, 3.63) is 59.8 Å². The van der Waals surface area contributed by atoms with Gasteiger partial charge in [0.25, 0.3) is 6.01 Å². The Balaban J connectivity index is 1.53. The Labute approximate surface area is 157 Å². The molecule has 1 aliphatic heterocycles. The smallest absolute Gasteiger partial charge is 0.299 e. The van der Waals surface area contributed by atoms with Gasteiger partial charge in [0.2, 0.25) is 10.0 Å². The predicted molar refractivity (Wildman–Crippen MR) is 106 cm³/mol. The molecule has 1 aliphatic rings. The number of hydrogen-bond acceptors (Lipinski definition) is 6. The van der Waals surface area contributed by atoms with E-state index in [1.807, 2.05) is 12.1 Å². The van der Waals surface area contributed by atoms with Crippen LogP contribution in [0.4, 0.5) is 17.4 Å². The van der Waals surface area contributed by atoms with Crippen LogP contribution < -0.4 is 15.4 Å². The molecule has 0 unspecified atom stereocenters. The molecule has 3 N–H and O–H groups in total. The van der Waals surface area contributed by atoms with E-state index in [9.17, 15) is 8.42 Å². The maximum Gasteiger partial charge on any atom is 0.299 e. The number of sulfonamides is 1. The van der Waals surface area contributed by atoms with Crippen molar-refractivity contribution in [1.82, 2.24) is 10.3 Å². The number of benzene rings is 2. The normalized spacial score (nSPS) is 13.8. The lowest BCUT2D eigenvalue weighted by Crippen LogP contribution is -2.23. The first-order valence-electron chi connectivity index (χ1n) is 8.60. The van der Waals surface area contributed by atoms with Crippen LogP contribution in [0.1, 0.15) is 11.1 Å². The fraction of sp³-hybridized carbons (Fsp3) is 0.211. The van der Waals surface area contributed by atoms with Gasteiger partial charge in [-0.25, -0.2) is 13.4 Å². The fourth-order valence-electron chi connectivity index (χ4n) is 3.09. The summed E-state index contributed by atoms with van der Waals surface area (Å²) >= 11 is 0. The van der Waals surface area contributed by atoms with Gasteiger partial charge in [0.1, 0.15) is 0 Å². The van der Waals surface area contributed by atoms with E-state index in [1.165, 1.54) is 11.1 Å². The molecule has 0 saturated carbocycles. The van der Waals surface area contributed by atoms with Crippen LogP contribution in [0.3, 0.4) is 0 Å². The van der Waals surface area contributed by atoms with E-state index in [1.54, 1.807) is 24.4 Å². The van der Waals surface area contributed by atoms with Crippen LogP contribution in [-0.4, -0.2) is 26.2 Å². The Morgan fingerprint density at radius 3 is 2.81 bits per heavy atom. The van der Waals surface area contributed by atoms with Crippen molar-refractivity contribution in [1.29, 1.82) is 0 Å². The second kappa shape index (κ2) is 7.05. The molecular formula is C19H20N4O3S. The zero-order chi connectivity index (χ0) is 18.9. The van der Waals surface area contributed by atoms with Crippen LogP contribution in [0.15, 0.2) is 53.1 Å². The van der Waals surface area contributed by atoms with Crippen LogP contribution in [0.25, 0.3) is 11.3 Å². The maximum atomic E-state index is 11.4. The monoisotopic (exact) mass is 384 g/mol. The van der Waals surface area contributed by atoms with Gasteiger partial charge in [-0.05, 0) is 48.4 Å². The number of fused-ring (bicyclic) bond motifs is 1. The molecular weight excluding hydrogens is 364 g/mol. The van der Waals surface area contributed by atoms with Crippen LogP contribution in [0, 0.1) is 0 Å². The quantitative estimate of drug-likeness (QED) is 0.626. The number of rotatable bonds is 5. The van der Waals surface area contributed by atoms with Gasteiger partial charge < -0.3 is 15.1 Å². The van der Waals surface area contributed by atoms with Crippen molar-refractivity contribution in [2.45, 2.75) is 13.0 Å². The lowest BCUT2D eigenvalue weighted by Gasteiger charge is -2.17. The highest BCUT2D eigenvalue weighted by molar-refractivity contribution is 7.92. The van der Waals surface area contributed by atoms with E-state index >= 15 is 0 Å². The third-order valence-corrected chi connectivity index (χ3v) is 4.91. The van der Waals surface area contributed by atoms with Crippen molar-refractivity contribution < 1.29 is 12.8 Å². The molecule has 0 aliphatic carbocycles. The Morgan fingerprint density at radius 2 is 1.96 bits per heavy atom. The summed E-state index contributed by atoms with van der Waals surface area (Å²) in [4.78, 5) is 4.28. The second-order valence-corrected chi connectivity index (χ2v) is 8.27. The molecule has 0 radical (unpaired) electrons. The number of nitrogens with zero attached hydrogens (tertiary/aromatic N) is 1. The SMILES string of the molecule is CS(=O)(=O)Nc1cccc(Nc2ncc(-c3ccc4c(c3)CCNC4)o2)c1. The summed E-state index contributed by atoms with van der Waals surface area (Å²) in [5.74, 6) is 0.684. The molecule has 140 valence electrons. The van der Waals surface area contributed by atoms with Crippen molar-refractivity contribution in [3.8, 4) is 11.3 Å². The molecule has 27 heavy (non-hydrogen) atoms. The number of anilines is 3. The lowest BCUT2D eigenvalue weighted by molar-refractivity contribution is 0.591. The van der Waals surface area contributed by atoms with Gasteiger partial charge >= 0.3 is 0 Å². The van der Waals surface area contributed by atoms with E-state index in [0.717, 1.165) is 31.3 Å². The van der Waals surface area contributed by atoms with E-state index < -0.39 is 10.0 Å².